The first-order valence-corrected chi connectivity index (χ1v) is 10.3. The Labute approximate surface area is 177 Å². The average Bonchev–Trinajstić information content (AvgIpc) is 2.67. The number of carbonyl (C=O) groups is 3. The number of alkyl carbamates (subject to hydrolysis) is 1. The second-order valence-corrected chi connectivity index (χ2v) is 7.18. The van der Waals surface area contributed by atoms with Gasteiger partial charge in [0.05, 0.1) is 13.2 Å². The van der Waals surface area contributed by atoms with Gasteiger partial charge in [0.2, 0.25) is 18.0 Å². The van der Waals surface area contributed by atoms with E-state index in [2.05, 4.69) is 25.4 Å². The lowest BCUT2D eigenvalue weighted by molar-refractivity contribution is -0.149. The maximum absolute atomic E-state index is 12.5. The van der Waals surface area contributed by atoms with E-state index in [1.54, 1.807) is 6.92 Å². The molecule has 11 heteroatoms. The van der Waals surface area contributed by atoms with Crippen LogP contribution in [0.4, 0.5) is 4.79 Å². The number of ether oxygens (including phenoxy) is 2. The van der Waals surface area contributed by atoms with Crippen molar-refractivity contribution in [3.8, 4) is 0 Å². The van der Waals surface area contributed by atoms with Gasteiger partial charge < -0.3 is 20.9 Å². The summed E-state index contributed by atoms with van der Waals surface area (Å²) in [7, 11) is 1.16. The molecule has 1 rings (SSSR count). The smallest absolute Gasteiger partial charge is 0.413 e. The summed E-state index contributed by atoms with van der Waals surface area (Å²) in [6.07, 6.45) is 6.35. The molecule has 170 valence electrons. The third-order valence-corrected chi connectivity index (χ3v) is 4.48. The highest BCUT2D eigenvalue weighted by molar-refractivity contribution is 6.03. The van der Waals surface area contributed by atoms with E-state index in [9.17, 15) is 14.4 Å². The van der Waals surface area contributed by atoms with Crippen molar-refractivity contribution in [2.45, 2.75) is 83.4 Å². The van der Waals surface area contributed by atoms with Gasteiger partial charge in [0.15, 0.2) is 5.96 Å². The summed E-state index contributed by atoms with van der Waals surface area (Å²) in [5.41, 5.74) is 10.8. The topological polar surface area (TPSA) is 170 Å². The van der Waals surface area contributed by atoms with Crippen molar-refractivity contribution in [2.24, 2.45) is 21.5 Å². The summed E-state index contributed by atoms with van der Waals surface area (Å²) in [4.78, 5) is 44.1. The molecule has 0 aromatic heterocycles. The fraction of sp³-hybridized carbons (Fsp3) is 0.737. The van der Waals surface area contributed by atoms with Crippen LogP contribution in [0.2, 0.25) is 0 Å². The summed E-state index contributed by atoms with van der Waals surface area (Å²) in [6.45, 7) is 1.78. The van der Waals surface area contributed by atoms with E-state index in [4.69, 9.17) is 16.2 Å². The highest BCUT2D eigenvalue weighted by Crippen LogP contribution is 2.13. The predicted molar refractivity (Wildman–Crippen MR) is 112 cm³/mol. The molecule has 0 radical (unpaired) electrons. The number of hydrogen-bond donors (Lipinski definition) is 4. The maximum atomic E-state index is 12.5. The van der Waals surface area contributed by atoms with Crippen molar-refractivity contribution < 1.29 is 23.9 Å². The highest BCUT2D eigenvalue weighted by atomic mass is 16.5. The van der Waals surface area contributed by atoms with E-state index in [0.29, 0.717) is 12.8 Å². The van der Waals surface area contributed by atoms with Gasteiger partial charge in [0.1, 0.15) is 0 Å². The molecule has 2 amide bonds. The molecule has 30 heavy (non-hydrogen) atoms. The molecule has 6 N–H and O–H groups in total. The van der Waals surface area contributed by atoms with Crippen molar-refractivity contribution in [1.29, 1.82) is 0 Å². The number of nitrogens with one attached hydrogen (secondary N) is 2. The predicted octanol–water partition coefficient (Wildman–Crippen LogP) is 1.26. The Balaban J connectivity index is 3.05. The number of nitrogens with zero attached hydrogens (tertiary/aromatic N) is 2. The molecule has 0 fully saturated rings. The summed E-state index contributed by atoms with van der Waals surface area (Å²) in [5.74, 6) is -1.85. The standard InChI is InChI=1S/C19H34N6O5/c1-13-11-9-7-5-3-4-6-8-10-12-14(26)22-18(25-19(28)29-2)24-15(16(27)30-13)23-17(20)21/h13,15H,3-12H2,1-2H3,(H4,20,21,23)(H2,22,24,25,26,28). The molecule has 0 aromatic carbocycles. The number of esters is 1. The number of cyclic esters (lactones) is 1. The lowest BCUT2D eigenvalue weighted by Crippen LogP contribution is -2.45. The fourth-order valence-corrected chi connectivity index (χ4v) is 2.93. The minimum absolute atomic E-state index is 0.246. The number of hydrogen-bond acceptors (Lipinski definition) is 7. The SMILES string of the molecule is COC(=O)N/C1=N/C(N=C(N)N)C(=O)OC(C)CCCCCCCCCCC(=O)N1. The van der Waals surface area contributed by atoms with E-state index in [1.165, 1.54) is 0 Å². The van der Waals surface area contributed by atoms with Crippen molar-refractivity contribution in [3.63, 3.8) is 0 Å². The van der Waals surface area contributed by atoms with Gasteiger partial charge in [0, 0.05) is 6.42 Å². The van der Waals surface area contributed by atoms with Gasteiger partial charge in [-0.1, -0.05) is 38.5 Å². The second kappa shape index (κ2) is 14.2. The summed E-state index contributed by atoms with van der Waals surface area (Å²) in [6, 6.07) is 0. The molecule has 1 aliphatic heterocycles. The third kappa shape index (κ3) is 11.2. The van der Waals surface area contributed by atoms with Gasteiger partial charge >= 0.3 is 12.1 Å². The van der Waals surface area contributed by atoms with E-state index >= 15 is 0 Å². The molecule has 0 spiro atoms. The zero-order valence-corrected chi connectivity index (χ0v) is 17.8. The van der Waals surface area contributed by atoms with Crippen molar-refractivity contribution >= 4 is 29.9 Å². The Kier molecular flexibility index (Phi) is 11.9. The molecule has 0 bridgehead atoms. The van der Waals surface area contributed by atoms with E-state index in [-0.39, 0.29) is 30.4 Å². The molecular weight excluding hydrogens is 392 g/mol. The van der Waals surface area contributed by atoms with Crippen LogP contribution in [0, 0.1) is 0 Å². The Morgan fingerprint density at radius 1 is 1.13 bits per heavy atom. The molecule has 0 aromatic rings. The Morgan fingerprint density at radius 3 is 2.33 bits per heavy atom. The first-order valence-electron chi connectivity index (χ1n) is 10.3. The van der Waals surface area contributed by atoms with Crippen LogP contribution in [0.1, 0.15) is 71.1 Å². The Hall–Kier alpha value is -2.85. The molecule has 1 heterocycles. The molecule has 11 nitrogen and oxygen atoms in total. The van der Waals surface area contributed by atoms with Crippen LogP contribution in [0.5, 0.6) is 0 Å². The first kappa shape index (κ1) is 25.2. The van der Waals surface area contributed by atoms with Crippen molar-refractivity contribution in [1.82, 2.24) is 10.6 Å². The monoisotopic (exact) mass is 426 g/mol. The first-order chi connectivity index (χ1) is 14.3. The average molecular weight is 427 g/mol. The number of methoxy groups -OCH3 is 1. The van der Waals surface area contributed by atoms with E-state index in [1.807, 2.05) is 0 Å². The zero-order chi connectivity index (χ0) is 22.4. The second-order valence-electron chi connectivity index (χ2n) is 7.18. The number of carbonyl (C=O) groups excluding carboxylic acids is 3. The number of guanidine groups is 2. The normalized spacial score (nSPS) is 24.7. The van der Waals surface area contributed by atoms with Gasteiger partial charge in [0.25, 0.3) is 0 Å². The molecule has 0 aliphatic carbocycles. The van der Waals surface area contributed by atoms with Gasteiger partial charge in [-0.25, -0.2) is 19.6 Å². The van der Waals surface area contributed by atoms with Crippen molar-refractivity contribution in [2.75, 3.05) is 7.11 Å². The third-order valence-electron chi connectivity index (χ3n) is 4.48. The molecule has 0 saturated carbocycles. The number of nitrogens with two attached hydrogens (primary N) is 2. The van der Waals surface area contributed by atoms with Gasteiger partial charge in [-0.05, 0) is 26.2 Å². The Morgan fingerprint density at radius 2 is 1.73 bits per heavy atom. The van der Waals surface area contributed by atoms with Crippen LogP contribution >= 0.6 is 0 Å². The number of rotatable bonds is 1. The van der Waals surface area contributed by atoms with E-state index in [0.717, 1.165) is 52.1 Å². The largest absolute Gasteiger partial charge is 0.460 e. The van der Waals surface area contributed by atoms with Crippen LogP contribution in [-0.2, 0) is 19.1 Å². The van der Waals surface area contributed by atoms with Gasteiger partial charge in [-0.2, -0.15) is 0 Å². The summed E-state index contributed by atoms with van der Waals surface area (Å²) in [5, 5.41) is 4.71. The zero-order valence-electron chi connectivity index (χ0n) is 17.8. The quantitative estimate of drug-likeness (QED) is 0.278. The number of amides is 2. The van der Waals surface area contributed by atoms with Gasteiger partial charge in [-0.3, -0.25) is 15.4 Å². The minimum Gasteiger partial charge on any atom is -0.460 e. The minimum atomic E-state index is -1.48. The summed E-state index contributed by atoms with van der Waals surface area (Å²) < 4.78 is 9.93. The fourth-order valence-electron chi connectivity index (χ4n) is 2.93. The Bertz CT molecular complexity index is 633. The van der Waals surface area contributed by atoms with Crippen LogP contribution in [0.25, 0.3) is 0 Å². The molecule has 1 aliphatic rings. The van der Waals surface area contributed by atoms with Crippen LogP contribution in [0.3, 0.4) is 0 Å². The van der Waals surface area contributed by atoms with Crippen LogP contribution < -0.4 is 22.1 Å². The van der Waals surface area contributed by atoms with Crippen LogP contribution in [-0.4, -0.2) is 49.3 Å². The number of aliphatic imine (C=N–C) groups is 2. The molecule has 2 atom stereocenters. The van der Waals surface area contributed by atoms with Crippen molar-refractivity contribution in [3.05, 3.63) is 0 Å². The maximum Gasteiger partial charge on any atom is 0.413 e. The van der Waals surface area contributed by atoms with E-state index < -0.39 is 18.2 Å². The summed E-state index contributed by atoms with van der Waals surface area (Å²) >= 11 is 0. The molecular formula is C19H34N6O5. The van der Waals surface area contributed by atoms with Crippen LogP contribution in [0.15, 0.2) is 9.98 Å². The lowest BCUT2D eigenvalue weighted by atomic mass is 10.1. The molecule has 0 saturated heterocycles. The lowest BCUT2D eigenvalue weighted by Gasteiger charge is -2.17. The van der Waals surface area contributed by atoms with Gasteiger partial charge in [-0.15, -0.1) is 0 Å². The highest BCUT2D eigenvalue weighted by Gasteiger charge is 2.23. The molecule has 2 unspecified atom stereocenters.